The smallest absolute Gasteiger partial charge is 0.409 e. The molecule has 0 aliphatic heterocycles. The van der Waals surface area contributed by atoms with E-state index in [1.807, 2.05) is 0 Å². The van der Waals surface area contributed by atoms with Crippen molar-refractivity contribution in [3.8, 4) is 0 Å². The van der Waals surface area contributed by atoms with Gasteiger partial charge in [-0.2, -0.15) is 0 Å². The minimum Gasteiger partial charge on any atom is -0.478 e. The van der Waals surface area contributed by atoms with Gasteiger partial charge in [0.25, 0.3) is 0 Å². The van der Waals surface area contributed by atoms with Crippen molar-refractivity contribution in [2.24, 2.45) is 0 Å². The number of nitrogens with zero attached hydrogens (tertiary/aromatic N) is 2. The molecule has 0 spiro atoms. The molecule has 1 aliphatic rings. The molecular formula is C15H26N2O6. The minimum absolute atomic E-state index is 0.246. The molecule has 0 aromatic heterocycles. The highest BCUT2D eigenvalue weighted by atomic mass is 16.6. The standard InChI is InChI=1S/C11H22N2O2.C4H4O4/c1-12(2)10(14)15-9-5-6-11(7-8-11)13(3)4;5-3(6)1-2-4(7)8/h5-9H2,1-4H3;1-2H,(H,5,6)(H,7,8). The van der Waals surface area contributed by atoms with Gasteiger partial charge in [-0.15, -0.1) is 0 Å². The largest absolute Gasteiger partial charge is 0.478 e. The average molecular weight is 330 g/mol. The van der Waals surface area contributed by atoms with Gasteiger partial charge in [-0.3, -0.25) is 0 Å². The Morgan fingerprint density at radius 2 is 1.52 bits per heavy atom. The molecule has 1 amide bonds. The second kappa shape index (κ2) is 9.83. The third kappa shape index (κ3) is 9.51. The maximum atomic E-state index is 11.1. The van der Waals surface area contributed by atoms with Gasteiger partial charge in [-0.1, -0.05) is 0 Å². The number of aliphatic carboxylic acids is 2. The van der Waals surface area contributed by atoms with Gasteiger partial charge < -0.3 is 24.7 Å². The van der Waals surface area contributed by atoms with Crippen LogP contribution in [0.5, 0.6) is 0 Å². The molecule has 1 fully saturated rings. The zero-order chi connectivity index (χ0) is 18.0. The van der Waals surface area contributed by atoms with Crippen molar-refractivity contribution in [1.82, 2.24) is 9.80 Å². The third-order valence-electron chi connectivity index (χ3n) is 3.52. The first kappa shape index (κ1) is 20.9. The van der Waals surface area contributed by atoms with Crippen molar-refractivity contribution in [2.45, 2.75) is 31.2 Å². The fourth-order valence-electron chi connectivity index (χ4n) is 1.90. The molecule has 1 rings (SSSR count). The molecule has 0 unspecified atom stereocenters. The van der Waals surface area contributed by atoms with E-state index in [-0.39, 0.29) is 6.09 Å². The molecular weight excluding hydrogens is 304 g/mol. The van der Waals surface area contributed by atoms with Gasteiger partial charge in [0, 0.05) is 31.8 Å². The van der Waals surface area contributed by atoms with Crippen LogP contribution in [-0.4, -0.2) is 78.4 Å². The van der Waals surface area contributed by atoms with Gasteiger partial charge in [0.05, 0.1) is 6.61 Å². The quantitative estimate of drug-likeness (QED) is 0.534. The van der Waals surface area contributed by atoms with Gasteiger partial charge in [0.1, 0.15) is 0 Å². The van der Waals surface area contributed by atoms with Gasteiger partial charge in [0.15, 0.2) is 0 Å². The van der Waals surface area contributed by atoms with E-state index in [1.165, 1.54) is 17.7 Å². The summed E-state index contributed by atoms with van der Waals surface area (Å²) in [4.78, 5) is 34.0. The van der Waals surface area contributed by atoms with Crippen LogP contribution in [-0.2, 0) is 14.3 Å². The Labute approximate surface area is 136 Å². The Morgan fingerprint density at radius 1 is 1.04 bits per heavy atom. The molecule has 0 aromatic carbocycles. The lowest BCUT2D eigenvalue weighted by atomic mass is 10.1. The maximum absolute atomic E-state index is 11.1. The van der Waals surface area contributed by atoms with Gasteiger partial charge in [-0.05, 0) is 39.8 Å². The number of carbonyl (C=O) groups is 3. The first-order chi connectivity index (χ1) is 10.6. The summed E-state index contributed by atoms with van der Waals surface area (Å²) in [7, 11) is 7.65. The zero-order valence-electron chi connectivity index (χ0n) is 14.1. The van der Waals surface area contributed by atoms with Crippen molar-refractivity contribution in [2.75, 3.05) is 34.8 Å². The van der Waals surface area contributed by atoms with E-state index in [0.29, 0.717) is 24.3 Å². The van der Waals surface area contributed by atoms with Crippen LogP contribution in [0.4, 0.5) is 4.79 Å². The lowest BCUT2D eigenvalue weighted by Crippen LogP contribution is -2.30. The van der Waals surface area contributed by atoms with Crippen molar-refractivity contribution in [1.29, 1.82) is 0 Å². The summed E-state index contributed by atoms with van der Waals surface area (Å²) in [5, 5.41) is 15.6. The Morgan fingerprint density at radius 3 is 1.83 bits per heavy atom. The number of carboxylic acid groups (broad SMARTS) is 2. The van der Waals surface area contributed by atoms with Crippen LogP contribution in [0, 0.1) is 0 Å². The first-order valence-corrected chi connectivity index (χ1v) is 7.26. The lowest BCUT2D eigenvalue weighted by molar-refractivity contribution is -0.134. The number of hydrogen-bond acceptors (Lipinski definition) is 5. The summed E-state index contributed by atoms with van der Waals surface area (Å²) in [5.41, 5.74) is 0.407. The van der Waals surface area contributed by atoms with E-state index >= 15 is 0 Å². The van der Waals surface area contributed by atoms with Crippen molar-refractivity contribution in [3.05, 3.63) is 12.2 Å². The summed E-state index contributed by atoms with van der Waals surface area (Å²) in [6.45, 7) is 0.534. The summed E-state index contributed by atoms with van der Waals surface area (Å²) < 4.78 is 5.07. The van der Waals surface area contributed by atoms with Crippen LogP contribution >= 0.6 is 0 Å². The monoisotopic (exact) mass is 330 g/mol. The minimum atomic E-state index is -1.26. The number of hydrogen-bond donors (Lipinski definition) is 2. The highest BCUT2D eigenvalue weighted by Gasteiger charge is 2.43. The molecule has 0 bridgehead atoms. The van der Waals surface area contributed by atoms with Crippen LogP contribution in [0.2, 0.25) is 0 Å². The van der Waals surface area contributed by atoms with Crippen molar-refractivity contribution < 1.29 is 29.3 Å². The molecule has 8 nitrogen and oxygen atoms in total. The predicted octanol–water partition coefficient (Wildman–Crippen LogP) is 1.27. The van der Waals surface area contributed by atoms with Crippen LogP contribution < -0.4 is 0 Å². The number of carboxylic acids is 2. The zero-order valence-corrected chi connectivity index (χ0v) is 14.1. The van der Waals surface area contributed by atoms with E-state index < -0.39 is 11.9 Å². The number of amides is 1. The Balaban J connectivity index is 0.000000515. The molecule has 0 saturated heterocycles. The highest BCUT2D eigenvalue weighted by Crippen LogP contribution is 2.43. The second-order valence-electron chi connectivity index (χ2n) is 5.74. The summed E-state index contributed by atoms with van der Waals surface area (Å²) in [6.07, 6.45) is 5.51. The fraction of sp³-hybridized carbons (Fsp3) is 0.667. The van der Waals surface area contributed by atoms with Crippen LogP contribution in [0.3, 0.4) is 0 Å². The predicted molar refractivity (Wildman–Crippen MR) is 84.3 cm³/mol. The molecule has 0 aromatic rings. The van der Waals surface area contributed by atoms with Crippen molar-refractivity contribution in [3.63, 3.8) is 0 Å². The second-order valence-corrected chi connectivity index (χ2v) is 5.74. The van der Waals surface area contributed by atoms with E-state index in [9.17, 15) is 14.4 Å². The molecule has 23 heavy (non-hydrogen) atoms. The molecule has 0 heterocycles. The molecule has 1 saturated carbocycles. The summed E-state index contributed by atoms with van der Waals surface area (Å²) >= 11 is 0. The SMILES string of the molecule is CN(C)C(=O)OCCCC1(N(C)C)CC1.O=C(O)C=CC(=O)O. The van der Waals surface area contributed by atoms with E-state index in [1.54, 1.807) is 14.1 Å². The van der Waals surface area contributed by atoms with E-state index in [2.05, 4.69) is 19.0 Å². The lowest BCUT2D eigenvalue weighted by Gasteiger charge is -2.23. The normalized spacial score (nSPS) is 14.8. The average Bonchev–Trinajstić information content (AvgIpc) is 3.23. The van der Waals surface area contributed by atoms with Gasteiger partial charge >= 0.3 is 18.0 Å². The maximum Gasteiger partial charge on any atom is 0.409 e. The number of rotatable bonds is 7. The number of ether oxygens (including phenoxy) is 1. The van der Waals surface area contributed by atoms with Gasteiger partial charge in [0.2, 0.25) is 0 Å². The highest BCUT2D eigenvalue weighted by molar-refractivity contribution is 5.89. The molecule has 2 N–H and O–H groups in total. The van der Waals surface area contributed by atoms with E-state index in [0.717, 1.165) is 12.8 Å². The summed E-state index contributed by atoms with van der Waals surface area (Å²) in [6, 6.07) is 0. The van der Waals surface area contributed by atoms with Crippen LogP contribution in [0.15, 0.2) is 12.2 Å². The van der Waals surface area contributed by atoms with E-state index in [4.69, 9.17) is 14.9 Å². The molecule has 1 aliphatic carbocycles. The molecule has 0 atom stereocenters. The first-order valence-electron chi connectivity index (χ1n) is 7.26. The third-order valence-corrected chi connectivity index (χ3v) is 3.52. The topological polar surface area (TPSA) is 107 Å². The van der Waals surface area contributed by atoms with Gasteiger partial charge in [-0.25, -0.2) is 14.4 Å². The molecule has 0 radical (unpaired) electrons. The Bertz CT molecular complexity index is 425. The number of carbonyl (C=O) groups excluding carboxylic acids is 1. The van der Waals surface area contributed by atoms with Crippen molar-refractivity contribution >= 4 is 18.0 Å². The summed E-state index contributed by atoms with van der Waals surface area (Å²) in [5.74, 6) is -2.51. The molecule has 8 heteroatoms. The fourth-order valence-corrected chi connectivity index (χ4v) is 1.90. The van der Waals surface area contributed by atoms with Crippen LogP contribution in [0.1, 0.15) is 25.7 Å². The Kier molecular flexibility index (Phi) is 8.94. The Hall–Kier alpha value is -2.09. The van der Waals surface area contributed by atoms with Crippen LogP contribution in [0.25, 0.3) is 0 Å². The molecule has 132 valence electrons.